The first-order valence-electron chi connectivity index (χ1n) is 2.16. The Morgan fingerprint density at radius 2 is 2.50 bits per heavy atom. The van der Waals surface area contributed by atoms with Crippen molar-refractivity contribution in [2.24, 2.45) is 5.92 Å². The Morgan fingerprint density at radius 3 is 2.50 bits per heavy atom. The van der Waals surface area contributed by atoms with Crippen LogP contribution in [0.25, 0.3) is 0 Å². The predicted molar refractivity (Wildman–Crippen MR) is 22.6 cm³/mol. The summed E-state index contributed by atoms with van der Waals surface area (Å²) in [4.78, 5) is 0. The smallest absolute Gasteiger partial charge is 0.0658 e. The fourth-order valence-electron chi connectivity index (χ4n) is 0.451. The maximum atomic E-state index is 8.10. The third kappa shape index (κ3) is 0.386. The van der Waals surface area contributed by atoms with Crippen molar-refractivity contribution in [1.29, 1.82) is 5.26 Å². The summed E-state index contributed by atoms with van der Waals surface area (Å²) in [5.74, 6) is 0.296. The molecule has 1 heteroatoms. The average molecular weight is 80.1 g/mol. The van der Waals surface area contributed by atoms with Gasteiger partial charge in [0.1, 0.15) is 0 Å². The standard InChI is InChI=1S/C5H6N/c6-4-5-2-1-3-5/h2,5H,1,3H2/t5-/m0/s1. The largest absolute Gasteiger partial charge is 0.198 e. The maximum Gasteiger partial charge on any atom is 0.0658 e. The van der Waals surface area contributed by atoms with Crippen molar-refractivity contribution in [1.82, 2.24) is 0 Å². The number of nitrogens with zero attached hydrogens (tertiary/aromatic N) is 1. The highest BCUT2D eigenvalue weighted by Crippen LogP contribution is 2.23. The molecule has 0 unspecified atom stereocenters. The van der Waals surface area contributed by atoms with Crippen LogP contribution in [0.5, 0.6) is 0 Å². The zero-order valence-corrected chi connectivity index (χ0v) is 3.52. The first-order chi connectivity index (χ1) is 2.93. The monoisotopic (exact) mass is 80.1 g/mol. The SMILES string of the molecule is N#C[C@H]1[CH]CC1. The van der Waals surface area contributed by atoms with Gasteiger partial charge in [-0.15, -0.1) is 0 Å². The molecule has 1 nitrogen and oxygen atoms in total. The lowest BCUT2D eigenvalue weighted by atomic mass is 9.87. The van der Waals surface area contributed by atoms with Gasteiger partial charge in [-0.25, -0.2) is 0 Å². The van der Waals surface area contributed by atoms with Crippen molar-refractivity contribution < 1.29 is 0 Å². The summed E-state index contributed by atoms with van der Waals surface area (Å²) in [6.45, 7) is 0. The number of rotatable bonds is 0. The molecule has 1 rings (SSSR count). The summed E-state index contributed by atoms with van der Waals surface area (Å²) >= 11 is 0. The molecular formula is C5H6N. The van der Waals surface area contributed by atoms with Crippen LogP contribution in [-0.4, -0.2) is 0 Å². The molecule has 1 radical (unpaired) electrons. The van der Waals surface area contributed by atoms with E-state index in [1.165, 1.54) is 0 Å². The lowest BCUT2D eigenvalue weighted by Gasteiger charge is -2.15. The number of hydrogen-bond donors (Lipinski definition) is 0. The van der Waals surface area contributed by atoms with Gasteiger partial charge in [0, 0.05) is 5.92 Å². The minimum atomic E-state index is 0.296. The van der Waals surface area contributed by atoms with Crippen molar-refractivity contribution in [2.45, 2.75) is 12.8 Å². The Morgan fingerprint density at radius 1 is 1.83 bits per heavy atom. The van der Waals surface area contributed by atoms with Gasteiger partial charge in [-0.3, -0.25) is 0 Å². The highest BCUT2D eigenvalue weighted by molar-refractivity contribution is 5.00. The summed E-state index contributed by atoms with van der Waals surface area (Å²) in [5.41, 5.74) is 0. The molecule has 0 spiro atoms. The van der Waals surface area contributed by atoms with Crippen molar-refractivity contribution in [2.75, 3.05) is 0 Å². The van der Waals surface area contributed by atoms with E-state index < -0.39 is 0 Å². The summed E-state index contributed by atoms with van der Waals surface area (Å²) in [5, 5.41) is 8.10. The molecule has 6 heavy (non-hydrogen) atoms. The molecule has 0 aromatic rings. The second-order valence-corrected chi connectivity index (χ2v) is 1.55. The van der Waals surface area contributed by atoms with E-state index in [1.807, 2.05) is 6.42 Å². The van der Waals surface area contributed by atoms with Gasteiger partial charge >= 0.3 is 0 Å². The van der Waals surface area contributed by atoms with Crippen LogP contribution in [-0.2, 0) is 0 Å². The topological polar surface area (TPSA) is 23.8 Å². The summed E-state index contributed by atoms with van der Waals surface area (Å²) in [6.07, 6.45) is 4.29. The van der Waals surface area contributed by atoms with Gasteiger partial charge in [0.2, 0.25) is 0 Å². The van der Waals surface area contributed by atoms with Gasteiger partial charge in [0.25, 0.3) is 0 Å². The lowest BCUT2D eigenvalue weighted by Crippen LogP contribution is -2.07. The molecule has 1 aliphatic rings. The zero-order valence-electron chi connectivity index (χ0n) is 3.52. The molecule has 0 saturated heterocycles. The average Bonchev–Trinajstić information content (AvgIpc) is 1.31. The maximum absolute atomic E-state index is 8.10. The number of hydrogen-bond acceptors (Lipinski definition) is 1. The summed E-state index contributed by atoms with van der Waals surface area (Å²) < 4.78 is 0. The fraction of sp³-hybridized carbons (Fsp3) is 0.600. The van der Waals surface area contributed by atoms with Crippen LogP contribution in [0.3, 0.4) is 0 Å². The van der Waals surface area contributed by atoms with Crippen LogP contribution in [0.2, 0.25) is 0 Å². The molecule has 1 aliphatic carbocycles. The van der Waals surface area contributed by atoms with Crippen LogP contribution in [0, 0.1) is 23.7 Å². The fourth-order valence-corrected chi connectivity index (χ4v) is 0.451. The highest BCUT2D eigenvalue weighted by Gasteiger charge is 2.15. The van der Waals surface area contributed by atoms with Gasteiger partial charge in [0.05, 0.1) is 6.07 Å². The van der Waals surface area contributed by atoms with Gasteiger partial charge < -0.3 is 0 Å². The summed E-state index contributed by atoms with van der Waals surface area (Å²) in [6, 6.07) is 2.15. The highest BCUT2D eigenvalue weighted by atomic mass is 14.3. The van der Waals surface area contributed by atoms with E-state index in [2.05, 4.69) is 6.07 Å². The Kier molecular flexibility index (Phi) is 0.795. The van der Waals surface area contributed by atoms with Crippen molar-refractivity contribution >= 4 is 0 Å². The molecule has 0 amide bonds. The lowest BCUT2D eigenvalue weighted by molar-refractivity contribution is 0.533. The second kappa shape index (κ2) is 1.30. The van der Waals surface area contributed by atoms with Crippen LogP contribution in [0.4, 0.5) is 0 Å². The van der Waals surface area contributed by atoms with Crippen LogP contribution in [0.15, 0.2) is 0 Å². The molecule has 0 bridgehead atoms. The van der Waals surface area contributed by atoms with E-state index in [4.69, 9.17) is 5.26 Å². The minimum absolute atomic E-state index is 0.296. The van der Waals surface area contributed by atoms with E-state index in [0.717, 1.165) is 12.8 Å². The Bertz CT molecular complexity index is 76.4. The molecule has 1 atom stereocenters. The molecule has 1 saturated carbocycles. The van der Waals surface area contributed by atoms with E-state index in [1.54, 1.807) is 0 Å². The van der Waals surface area contributed by atoms with Crippen LogP contribution < -0.4 is 0 Å². The van der Waals surface area contributed by atoms with Gasteiger partial charge in [-0.05, 0) is 19.3 Å². The summed E-state index contributed by atoms with van der Waals surface area (Å²) in [7, 11) is 0. The van der Waals surface area contributed by atoms with Crippen molar-refractivity contribution in [3.63, 3.8) is 0 Å². The molecule has 0 aliphatic heterocycles. The van der Waals surface area contributed by atoms with Crippen molar-refractivity contribution in [3.8, 4) is 6.07 Å². The first-order valence-corrected chi connectivity index (χ1v) is 2.16. The third-order valence-electron chi connectivity index (χ3n) is 1.09. The van der Waals surface area contributed by atoms with E-state index in [9.17, 15) is 0 Å². The normalized spacial score (nSPS) is 21.8. The van der Waals surface area contributed by atoms with E-state index in [-0.39, 0.29) is 0 Å². The van der Waals surface area contributed by atoms with Crippen LogP contribution in [0.1, 0.15) is 12.8 Å². The van der Waals surface area contributed by atoms with E-state index >= 15 is 0 Å². The first kappa shape index (κ1) is 3.67. The molecule has 31 valence electrons. The Labute approximate surface area is 37.6 Å². The predicted octanol–water partition coefficient (Wildman–Crippen LogP) is 1.12. The molecule has 0 N–H and O–H groups in total. The molecule has 0 heterocycles. The Balaban J connectivity index is 2.22. The Hall–Kier alpha value is -0.510. The van der Waals surface area contributed by atoms with Gasteiger partial charge in [0.15, 0.2) is 0 Å². The molecule has 1 fully saturated rings. The van der Waals surface area contributed by atoms with E-state index in [0.29, 0.717) is 5.92 Å². The number of nitriles is 1. The molecule has 0 aromatic carbocycles. The van der Waals surface area contributed by atoms with Crippen molar-refractivity contribution in [3.05, 3.63) is 6.42 Å². The van der Waals surface area contributed by atoms with Gasteiger partial charge in [-0.1, -0.05) is 0 Å². The van der Waals surface area contributed by atoms with Gasteiger partial charge in [-0.2, -0.15) is 5.26 Å². The molecule has 0 aromatic heterocycles. The minimum Gasteiger partial charge on any atom is -0.198 e. The quantitative estimate of drug-likeness (QED) is 0.427. The van der Waals surface area contributed by atoms with Crippen LogP contribution >= 0.6 is 0 Å². The third-order valence-corrected chi connectivity index (χ3v) is 1.09. The molecular weight excluding hydrogens is 74.1 g/mol. The second-order valence-electron chi connectivity index (χ2n) is 1.55. The zero-order chi connectivity index (χ0) is 4.41.